The van der Waals surface area contributed by atoms with Crippen LogP contribution >= 0.6 is 0 Å². The first-order valence-electron chi connectivity index (χ1n) is 8.93. The second-order valence-corrected chi connectivity index (χ2v) is 9.44. The van der Waals surface area contributed by atoms with Gasteiger partial charge < -0.3 is 19.3 Å². The Kier molecular flexibility index (Phi) is 13.5. The van der Waals surface area contributed by atoms with E-state index in [0.717, 1.165) is 36.4 Å². The van der Waals surface area contributed by atoms with Crippen molar-refractivity contribution in [2.75, 3.05) is 0 Å². The van der Waals surface area contributed by atoms with Crippen molar-refractivity contribution in [2.45, 2.75) is 9.79 Å². The molecular weight excluding hydrogens is 594 g/mol. The minimum absolute atomic E-state index is 0. The molecule has 0 saturated heterocycles. The summed E-state index contributed by atoms with van der Waals surface area (Å²) in [4.78, 5) is 20.2. The molecule has 0 N–H and O–H groups in total. The summed E-state index contributed by atoms with van der Waals surface area (Å²) in [5.41, 5.74) is -0.588. The minimum atomic E-state index is -4.56. The number of fused-ring (bicyclic) bond motifs is 2. The van der Waals surface area contributed by atoms with Crippen molar-refractivity contribution in [3.63, 3.8) is 0 Å². The molecule has 0 amide bonds. The average Bonchev–Trinajstić information content (AvgIpc) is 2.77. The zero-order chi connectivity index (χ0) is 25.3. The maximum Gasteiger partial charge on any atom is 2.00 e. The molecule has 0 bridgehead atoms. The molecule has 0 atom stereocenters. The van der Waals surface area contributed by atoms with E-state index in [1.165, 1.54) is 24.3 Å². The number of benzene rings is 4. The Balaban J connectivity index is 0.000000648. The molecule has 0 heterocycles. The third-order valence-electron chi connectivity index (χ3n) is 4.61. The third-order valence-corrected chi connectivity index (χ3v) is 6.27. The van der Waals surface area contributed by atoms with Gasteiger partial charge in [0.15, 0.2) is 0 Å². The van der Waals surface area contributed by atoms with Gasteiger partial charge in [-0.3, -0.25) is 0 Å². The summed E-state index contributed by atoms with van der Waals surface area (Å²) < 4.78 is 64.8. The summed E-state index contributed by atoms with van der Waals surface area (Å²) in [5, 5.41) is 28.8. The molecule has 0 aliphatic heterocycles. The normalized spacial score (nSPS) is 10.6. The molecule has 0 spiro atoms. The Morgan fingerprint density at radius 1 is 0.568 bits per heavy atom. The second kappa shape index (κ2) is 14.1. The van der Waals surface area contributed by atoms with Crippen LogP contribution in [0.2, 0.25) is 0 Å². The predicted octanol–water partition coefficient (Wildman–Crippen LogP) is -3.56. The van der Waals surface area contributed by atoms with Crippen LogP contribution in [0.1, 0.15) is 0 Å². The van der Waals surface area contributed by atoms with Gasteiger partial charge in [0.05, 0.1) is 9.79 Å². The number of hydrogen-bond donors (Lipinski definition) is 0. The van der Waals surface area contributed by atoms with Crippen molar-refractivity contribution >= 4 is 53.2 Å². The average molecular weight is 604 g/mol. The Morgan fingerprint density at radius 2 is 0.892 bits per heavy atom. The van der Waals surface area contributed by atoms with E-state index < -0.39 is 41.5 Å². The van der Waals surface area contributed by atoms with E-state index in [-0.39, 0.29) is 98.3 Å². The van der Waals surface area contributed by atoms with Gasteiger partial charge in [-0.1, -0.05) is 47.9 Å². The Labute approximate surface area is 265 Å². The quantitative estimate of drug-likeness (QED) is 0.127. The van der Waals surface area contributed by atoms with Gasteiger partial charge in [0, 0.05) is 10.8 Å². The standard InChI is InChI=1S/2C10H7NO5S.Fe.2Na/c2*12-9-4-1-6-5-7(17(14,15)16)2-3-8(6)10(9)11-13;;;/h2*1-5,12H,(H,14,15,16);;;/q;;+2;2*+1/p-4. The van der Waals surface area contributed by atoms with Crippen molar-refractivity contribution in [3.8, 4) is 11.5 Å². The molecule has 0 fully saturated rings. The van der Waals surface area contributed by atoms with Gasteiger partial charge in [0.2, 0.25) is 0 Å². The van der Waals surface area contributed by atoms with Crippen molar-refractivity contribution in [1.29, 1.82) is 0 Å². The fraction of sp³-hybridized carbons (Fsp3) is 0. The van der Waals surface area contributed by atoms with E-state index in [1.54, 1.807) is 0 Å². The fourth-order valence-corrected chi connectivity index (χ4v) is 4.05. The van der Waals surface area contributed by atoms with E-state index in [1.807, 2.05) is 0 Å². The summed E-state index contributed by atoms with van der Waals surface area (Å²) in [7, 11) is -9.12. The maximum absolute atomic E-state index is 11.3. The molecule has 4 aromatic carbocycles. The molecule has 4 rings (SSSR count). The number of hydrogen-bond acceptors (Lipinski definition) is 12. The molecule has 0 aromatic heterocycles. The zero-order valence-corrected chi connectivity index (χ0v) is 25.7. The van der Waals surface area contributed by atoms with Crippen LogP contribution in [0.25, 0.3) is 21.5 Å². The largest absolute Gasteiger partial charge is 2.00 e. The van der Waals surface area contributed by atoms with Gasteiger partial charge in [-0.05, 0) is 45.4 Å². The molecule has 0 saturated carbocycles. The molecule has 17 heteroatoms. The summed E-state index contributed by atoms with van der Waals surface area (Å²) in [6, 6.07) is 11.6. The number of nitrogens with zero attached hydrogens (tertiary/aromatic N) is 2. The molecule has 37 heavy (non-hydrogen) atoms. The minimum Gasteiger partial charge on any atom is -0.871 e. The van der Waals surface area contributed by atoms with Crippen molar-refractivity contribution < 1.29 is 112 Å². The van der Waals surface area contributed by atoms with Gasteiger partial charge in [-0.15, -0.1) is 9.81 Å². The molecule has 182 valence electrons. The van der Waals surface area contributed by atoms with Crippen LogP contribution in [0, 0.1) is 9.81 Å². The molecule has 12 nitrogen and oxygen atoms in total. The number of nitroso groups, excluding NO2 is 2. The summed E-state index contributed by atoms with van der Waals surface area (Å²) in [5.74, 6) is -1.10. The fourth-order valence-electron chi connectivity index (χ4n) is 3.04. The van der Waals surface area contributed by atoms with E-state index in [4.69, 9.17) is 0 Å². The smallest absolute Gasteiger partial charge is 0.871 e. The third kappa shape index (κ3) is 8.26. The number of rotatable bonds is 4. The Bertz CT molecular complexity index is 1560. The Morgan fingerprint density at radius 3 is 1.16 bits per heavy atom. The van der Waals surface area contributed by atoms with Crippen molar-refractivity contribution in [3.05, 3.63) is 70.5 Å². The van der Waals surface area contributed by atoms with Gasteiger partial charge >= 0.3 is 76.2 Å². The van der Waals surface area contributed by atoms with Crippen LogP contribution in [-0.4, -0.2) is 25.9 Å². The molecule has 0 radical (unpaired) electrons. The zero-order valence-electron chi connectivity index (χ0n) is 18.9. The molecule has 0 aliphatic rings. The van der Waals surface area contributed by atoms with Crippen molar-refractivity contribution in [2.24, 2.45) is 10.4 Å². The van der Waals surface area contributed by atoms with Crippen LogP contribution in [0.3, 0.4) is 0 Å². The van der Waals surface area contributed by atoms with Crippen LogP contribution in [0.15, 0.2) is 80.8 Å². The Hall–Kier alpha value is -1.46. The molecule has 0 aliphatic carbocycles. The summed E-state index contributed by atoms with van der Waals surface area (Å²) in [6.07, 6.45) is 0. The van der Waals surface area contributed by atoms with Gasteiger partial charge in [-0.25, -0.2) is 16.8 Å². The summed E-state index contributed by atoms with van der Waals surface area (Å²) >= 11 is 0. The predicted molar refractivity (Wildman–Crippen MR) is 114 cm³/mol. The molecule has 4 aromatic rings. The van der Waals surface area contributed by atoms with E-state index in [2.05, 4.69) is 10.4 Å². The first kappa shape index (κ1) is 35.5. The SMILES string of the molecule is O=Nc1c([O-])ccc2cc(S(=O)(=O)[O-])ccc12.O=Nc1c([O-])ccc2cc(S(=O)(=O)[O-])ccc12.[Fe+2].[Na+].[Na+]. The monoisotopic (exact) mass is 604 g/mol. The first-order chi connectivity index (χ1) is 15.9. The van der Waals surface area contributed by atoms with Gasteiger partial charge in [0.1, 0.15) is 31.6 Å². The summed E-state index contributed by atoms with van der Waals surface area (Å²) in [6.45, 7) is 0. The van der Waals surface area contributed by atoms with E-state index >= 15 is 0 Å². The maximum atomic E-state index is 11.3. The van der Waals surface area contributed by atoms with Crippen LogP contribution < -0.4 is 69.3 Å². The van der Waals surface area contributed by atoms with E-state index in [0.29, 0.717) is 10.8 Å². The van der Waals surface area contributed by atoms with Crippen molar-refractivity contribution in [1.82, 2.24) is 0 Å². The van der Waals surface area contributed by atoms with Gasteiger partial charge in [-0.2, -0.15) is 0 Å². The molecular formula is C20H10FeN2Na2O10S2. The van der Waals surface area contributed by atoms with Crippen LogP contribution in [0.5, 0.6) is 11.5 Å². The second-order valence-electron chi connectivity index (χ2n) is 6.68. The van der Waals surface area contributed by atoms with Crippen LogP contribution in [0.4, 0.5) is 11.4 Å². The topological polar surface area (TPSA) is 219 Å². The van der Waals surface area contributed by atoms with Crippen LogP contribution in [-0.2, 0) is 37.3 Å². The van der Waals surface area contributed by atoms with E-state index in [9.17, 15) is 46.0 Å². The first-order valence-corrected chi connectivity index (χ1v) is 11.7. The van der Waals surface area contributed by atoms with Gasteiger partial charge in [0.25, 0.3) is 0 Å². The molecule has 0 unspecified atom stereocenters.